The summed E-state index contributed by atoms with van der Waals surface area (Å²) in [5.74, 6) is -0.573. The second-order valence-corrected chi connectivity index (χ2v) is 4.86. The molecule has 0 aromatic rings. The van der Waals surface area contributed by atoms with Crippen LogP contribution in [0.1, 0.15) is 47.5 Å². The first-order valence-corrected chi connectivity index (χ1v) is 6.15. The first-order valence-electron chi connectivity index (χ1n) is 6.15. The van der Waals surface area contributed by atoms with Crippen molar-refractivity contribution in [1.82, 2.24) is 5.32 Å². The zero-order chi connectivity index (χ0) is 13.6. The van der Waals surface area contributed by atoms with Gasteiger partial charge in [0.15, 0.2) is 5.78 Å². The van der Waals surface area contributed by atoms with E-state index in [1.807, 2.05) is 0 Å². The molecule has 0 fully saturated rings. The first-order chi connectivity index (χ1) is 7.79. The highest BCUT2D eigenvalue weighted by atomic mass is 16.2. The third-order valence-corrected chi connectivity index (χ3v) is 2.63. The molecule has 1 unspecified atom stereocenters. The van der Waals surface area contributed by atoms with E-state index in [1.54, 1.807) is 34.6 Å². The van der Waals surface area contributed by atoms with Gasteiger partial charge in [-0.1, -0.05) is 34.6 Å². The van der Waals surface area contributed by atoms with Crippen LogP contribution in [0.5, 0.6) is 0 Å². The number of amides is 1. The molecular weight excluding hydrogens is 218 g/mol. The highest BCUT2D eigenvalue weighted by Gasteiger charge is 2.24. The van der Waals surface area contributed by atoms with Crippen molar-refractivity contribution in [2.75, 3.05) is 0 Å². The Bertz CT molecular complexity index is 273. The molecule has 0 radical (unpaired) electrons. The lowest BCUT2D eigenvalue weighted by Gasteiger charge is -2.18. The van der Waals surface area contributed by atoms with Crippen molar-refractivity contribution in [2.45, 2.75) is 53.5 Å². The molecule has 0 saturated heterocycles. The number of Topliss-reactive ketones (excluding diaryl/α,β-unsaturated/α-hetero) is 2. The van der Waals surface area contributed by atoms with Crippen LogP contribution in [-0.4, -0.2) is 23.5 Å². The summed E-state index contributed by atoms with van der Waals surface area (Å²) in [5.41, 5.74) is 0. The summed E-state index contributed by atoms with van der Waals surface area (Å²) in [5, 5.41) is 2.64. The Morgan fingerprint density at radius 3 is 1.82 bits per heavy atom. The number of hydrogen-bond acceptors (Lipinski definition) is 3. The summed E-state index contributed by atoms with van der Waals surface area (Å²) in [6.07, 6.45) is 0.428. The van der Waals surface area contributed by atoms with Gasteiger partial charge in [-0.05, 0) is 0 Å². The number of hydrogen-bond donors (Lipinski definition) is 1. The summed E-state index contributed by atoms with van der Waals surface area (Å²) < 4.78 is 0. The monoisotopic (exact) mass is 241 g/mol. The van der Waals surface area contributed by atoms with E-state index < -0.39 is 6.04 Å². The van der Waals surface area contributed by atoms with Crippen molar-refractivity contribution < 1.29 is 14.4 Å². The fourth-order valence-electron chi connectivity index (χ4n) is 1.27. The molecule has 0 heterocycles. The van der Waals surface area contributed by atoms with Crippen LogP contribution >= 0.6 is 0 Å². The molecule has 0 aromatic heterocycles. The zero-order valence-corrected chi connectivity index (χ0v) is 11.4. The van der Waals surface area contributed by atoms with Gasteiger partial charge >= 0.3 is 0 Å². The summed E-state index contributed by atoms with van der Waals surface area (Å²) >= 11 is 0. The predicted molar refractivity (Wildman–Crippen MR) is 66.5 cm³/mol. The van der Waals surface area contributed by atoms with Gasteiger partial charge in [0.2, 0.25) is 5.91 Å². The van der Waals surface area contributed by atoms with Crippen LogP contribution in [0.3, 0.4) is 0 Å². The molecule has 17 heavy (non-hydrogen) atoms. The number of ketones is 2. The first kappa shape index (κ1) is 15.8. The highest BCUT2D eigenvalue weighted by molar-refractivity contribution is 5.94. The van der Waals surface area contributed by atoms with E-state index in [2.05, 4.69) is 5.32 Å². The summed E-state index contributed by atoms with van der Waals surface area (Å²) in [4.78, 5) is 34.8. The van der Waals surface area contributed by atoms with Crippen molar-refractivity contribution in [3.63, 3.8) is 0 Å². The number of rotatable bonds is 7. The fourth-order valence-corrected chi connectivity index (χ4v) is 1.27. The largest absolute Gasteiger partial charge is 0.346 e. The second kappa shape index (κ2) is 7.20. The van der Waals surface area contributed by atoms with Gasteiger partial charge in [-0.15, -0.1) is 0 Å². The van der Waals surface area contributed by atoms with Gasteiger partial charge in [-0.3, -0.25) is 14.4 Å². The van der Waals surface area contributed by atoms with Crippen molar-refractivity contribution in [1.29, 1.82) is 0 Å². The van der Waals surface area contributed by atoms with E-state index >= 15 is 0 Å². The average molecular weight is 241 g/mol. The molecule has 0 aliphatic rings. The fraction of sp³-hybridized carbons (Fsp3) is 0.769. The van der Waals surface area contributed by atoms with Crippen LogP contribution in [0, 0.1) is 11.8 Å². The predicted octanol–water partition coefficient (Wildman–Crippen LogP) is 1.72. The topological polar surface area (TPSA) is 63.2 Å². The molecule has 1 amide bonds. The normalized spacial score (nSPS) is 12.6. The number of carbonyl (C=O) groups excluding carboxylic acids is 3. The van der Waals surface area contributed by atoms with Crippen molar-refractivity contribution in [3.05, 3.63) is 0 Å². The van der Waals surface area contributed by atoms with Crippen LogP contribution in [0.2, 0.25) is 0 Å². The lowest BCUT2D eigenvalue weighted by molar-refractivity contribution is -0.132. The lowest BCUT2D eigenvalue weighted by Crippen LogP contribution is -2.44. The zero-order valence-electron chi connectivity index (χ0n) is 11.4. The Labute approximate surface area is 103 Å². The van der Waals surface area contributed by atoms with E-state index in [1.165, 1.54) is 0 Å². The average Bonchev–Trinajstić information content (AvgIpc) is 2.26. The summed E-state index contributed by atoms with van der Waals surface area (Å²) in [6.45, 7) is 8.83. The van der Waals surface area contributed by atoms with E-state index in [9.17, 15) is 14.4 Å². The van der Waals surface area contributed by atoms with E-state index in [0.717, 1.165) is 0 Å². The molecule has 1 N–H and O–H groups in total. The standard InChI is InChI=1S/C13H23NO3/c1-6-11(15)10(7-12(16)8(2)3)14-13(17)9(4)5/h8-10H,6-7H2,1-5H3,(H,14,17). The molecular formula is C13H23NO3. The molecule has 4 heteroatoms. The molecule has 0 spiro atoms. The summed E-state index contributed by atoms with van der Waals surface area (Å²) in [6, 6.07) is -0.662. The van der Waals surface area contributed by atoms with Gasteiger partial charge in [-0.25, -0.2) is 0 Å². The van der Waals surface area contributed by atoms with E-state index in [-0.39, 0.29) is 35.7 Å². The third-order valence-electron chi connectivity index (χ3n) is 2.63. The maximum absolute atomic E-state index is 11.7. The molecule has 4 nitrogen and oxygen atoms in total. The minimum Gasteiger partial charge on any atom is -0.346 e. The Morgan fingerprint density at radius 1 is 0.941 bits per heavy atom. The van der Waals surface area contributed by atoms with E-state index in [0.29, 0.717) is 6.42 Å². The third kappa shape index (κ3) is 5.61. The van der Waals surface area contributed by atoms with Crippen LogP contribution < -0.4 is 5.32 Å². The Kier molecular flexibility index (Phi) is 6.69. The van der Waals surface area contributed by atoms with Gasteiger partial charge in [0.25, 0.3) is 0 Å². The molecule has 98 valence electrons. The maximum atomic E-state index is 11.7. The maximum Gasteiger partial charge on any atom is 0.223 e. The molecule has 1 atom stereocenters. The van der Waals surface area contributed by atoms with Crippen LogP contribution in [-0.2, 0) is 14.4 Å². The Hall–Kier alpha value is -1.19. The molecule has 0 bridgehead atoms. The van der Waals surface area contributed by atoms with Gasteiger partial charge in [0, 0.05) is 24.7 Å². The van der Waals surface area contributed by atoms with Crippen LogP contribution in [0.15, 0.2) is 0 Å². The van der Waals surface area contributed by atoms with Gasteiger partial charge in [-0.2, -0.15) is 0 Å². The van der Waals surface area contributed by atoms with Crippen molar-refractivity contribution in [2.24, 2.45) is 11.8 Å². The number of nitrogens with one attached hydrogen (secondary N) is 1. The van der Waals surface area contributed by atoms with Gasteiger partial charge in [0.1, 0.15) is 5.78 Å². The summed E-state index contributed by atoms with van der Waals surface area (Å²) in [7, 11) is 0. The highest BCUT2D eigenvalue weighted by Crippen LogP contribution is 2.06. The van der Waals surface area contributed by atoms with E-state index in [4.69, 9.17) is 0 Å². The Balaban J connectivity index is 4.61. The SMILES string of the molecule is CCC(=O)C(CC(=O)C(C)C)NC(=O)C(C)C. The van der Waals surface area contributed by atoms with Crippen LogP contribution in [0.25, 0.3) is 0 Å². The minimum atomic E-state index is -0.662. The smallest absolute Gasteiger partial charge is 0.223 e. The minimum absolute atomic E-state index is 0.000793. The molecule has 0 aliphatic carbocycles. The molecule has 0 aromatic carbocycles. The quantitative estimate of drug-likeness (QED) is 0.738. The molecule has 0 rings (SSSR count). The lowest BCUT2D eigenvalue weighted by atomic mass is 9.97. The second-order valence-electron chi connectivity index (χ2n) is 4.86. The number of carbonyl (C=O) groups is 3. The Morgan fingerprint density at radius 2 is 1.47 bits per heavy atom. The van der Waals surface area contributed by atoms with Crippen LogP contribution in [0.4, 0.5) is 0 Å². The van der Waals surface area contributed by atoms with Crippen molar-refractivity contribution in [3.8, 4) is 0 Å². The molecule has 0 saturated carbocycles. The van der Waals surface area contributed by atoms with Gasteiger partial charge in [0.05, 0.1) is 6.04 Å². The van der Waals surface area contributed by atoms with Gasteiger partial charge < -0.3 is 5.32 Å². The molecule has 0 aliphatic heterocycles. The van der Waals surface area contributed by atoms with Crippen molar-refractivity contribution >= 4 is 17.5 Å².